The lowest BCUT2D eigenvalue weighted by atomic mass is 9.90. The number of hydrogen-bond donors (Lipinski definition) is 2. The minimum absolute atomic E-state index is 0.154. The maximum atomic E-state index is 13.4. The zero-order chi connectivity index (χ0) is 27.1. The van der Waals surface area contributed by atoms with E-state index in [4.69, 9.17) is 4.74 Å². The monoisotopic (exact) mass is 511 g/mol. The zero-order valence-corrected chi connectivity index (χ0v) is 21.9. The largest absolute Gasteiger partial charge is 0.466 e. The first-order valence-electron chi connectivity index (χ1n) is 12.8. The summed E-state index contributed by atoms with van der Waals surface area (Å²) in [6, 6.07) is 25.6. The average Bonchev–Trinajstić information content (AvgIpc) is 2.94. The van der Waals surface area contributed by atoms with E-state index in [0.717, 1.165) is 24.0 Å². The first kappa shape index (κ1) is 26.7. The number of nitrogens with one attached hydrogen (secondary N) is 2. The summed E-state index contributed by atoms with van der Waals surface area (Å²) in [5.74, 6) is -1.11. The van der Waals surface area contributed by atoms with Crippen LogP contribution in [0.15, 0.2) is 96.2 Å². The molecular weight excluding hydrogens is 478 g/mol. The van der Waals surface area contributed by atoms with E-state index in [-0.39, 0.29) is 11.9 Å². The second kappa shape index (κ2) is 12.2. The Morgan fingerprint density at radius 1 is 0.947 bits per heavy atom. The highest BCUT2D eigenvalue weighted by molar-refractivity contribution is 5.98. The molecule has 0 bridgehead atoms. The molecule has 1 heterocycles. The molecule has 2 N–H and O–H groups in total. The number of nitrogens with zero attached hydrogens (tertiary/aromatic N) is 1. The Kier molecular flexibility index (Phi) is 8.58. The Balaban J connectivity index is 1.59. The maximum Gasteiger partial charge on any atom is 0.337 e. The molecule has 0 fully saturated rings. The lowest BCUT2D eigenvalue weighted by molar-refractivity contribution is -0.136. The number of unbranched alkanes of at least 4 members (excludes halogenated alkanes) is 1. The number of rotatable bonds is 9. The fourth-order valence-corrected chi connectivity index (χ4v) is 4.75. The third kappa shape index (κ3) is 5.78. The van der Waals surface area contributed by atoms with Gasteiger partial charge in [-0.05, 0) is 42.2 Å². The lowest BCUT2D eigenvalue weighted by Crippen LogP contribution is -2.48. The molecule has 0 saturated carbocycles. The minimum atomic E-state index is -0.654. The molecular formula is C31H33N3O4. The number of amides is 3. The van der Waals surface area contributed by atoms with Gasteiger partial charge in [-0.3, -0.25) is 9.69 Å². The maximum absolute atomic E-state index is 13.4. The number of anilines is 1. The second-order valence-electron chi connectivity index (χ2n) is 9.24. The van der Waals surface area contributed by atoms with Crippen molar-refractivity contribution in [1.82, 2.24) is 10.2 Å². The van der Waals surface area contributed by atoms with Crippen LogP contribution in [0.1, 0.15) is 55.3 Å². The minimum Gasteiger partial charge on any atom is -0.466 e. The number of urea groups is 1. The number of hydrogen-bond acceptors (Lipinski definition) is 4. The van der Waals surface area contributed by atoms with Gasteiger partial charge in [0.1, 0.15) is 0 Å². The van der Waals surface area contributed by atoms with Gasteiger partial charge >= 0.3 is 12.0 Å². The van der Waals surface area contributed by atoms with Gasteiger partial charge in [0.15, 0.2) is 0 Å². The summed E-state index contributed by atoms with van der Waals surface area (Å²) in [5, 5.41) is 5.97. The topological polar surface area (TPSA) is 87.7 Å². The van der Waals surface area contributed by atoms with Gasteiger partial charge < -0.3 is 15.4 Å². The Hall–Kier alpha value is -4.39. The third-order valence-electron chi connectivity index (χ3n) is 6.78. The molecule has 1 aliphatic heterocycles. The fourth-order valence-electron chi connectivity index (χ4n) is 4.75. The molecule has 1 aliphatic rings. The summed E-state index contributed by atoms with van der Waals surface area (Å²) in [6.45, 7) is 4.35. The van der Waals surface area contributed by atoms with Gasteiger partial charge in [-0.15, -0.1) is 0 Å². The molecule has 4 rings (SSSR count). The number of esters is 1. The summed E-state index contributed by atoms with van der Waals surface area (Å²) in [4.78, 5) is 40.6. The van der Waals surface area contributed by atoms with E-state index in [2.05, 4.69) is 10.6 Å². The van der Waals surface area contributed by atoms with Crippen molar-refractivity contribution in [3.8, 4) is 0 Å². The predicted octanol–water partition coefficient (Wildman–Crippen LogP) is 5.77. The van der Waals surface area contributed by atoms with Crippen LogP contribution in [0, 0.1) is 0 Å². The van der Waals surface area contributed by atoms with Gasteiger partial charge in [-0.2, -0.15) is 0 Å². The van der Waals surface area contributed by atoms with Gasteiger partial charge in [-0.25, -0.2) is 9.59 Å². The molecule has 7 nitrogen and oxygen atoms in total. The Morgan fingerprint density at radius 3 is 2.05 bits per heavy atom. The number of allylic oxidation sites excluding steroid dienone is 1. The van der Waals surface area contributed by atoms with Crippen molar-refractivity contribution in [2.24, 2.45) is 0 Å². The molecule has 3 aromatic rings. The van der Waals surface area contributed by atoms with E-state index in [0.29, 0.717) is 29.1 Å². The van der Waals surface area contributed by atoms with Gasteiger partial charge in [0.2, 0.25) is 5.91 Å². The van der Waals surface area contributed by atoms with Gasteiger partial charge in [0.05, 0.1) is 24.6 Å². The molecule has 196 valence electrons. The van der Waals surface area contributed by atoms with Crippen molar-refractivity contribution < 1.29 is 19.1 Å². The molecule has 0 saturated heterocycles. The van der Waals surface area contributed by atoms with Crippen molar-refractivity contribution in [3.63, 3.8) is 0 Å². The number of benzene rings is 3. The first-order chi connectivity index (χ1) is 18.4. The number of carbonyl (C=O) groups excluding carboxylic acids is 3. The summed E-state index contributed by atoms with van der Waals surface area (Å²) in [7, 11) is 1.33. The van der Waals surface area contributed by atoms with Crippen LogP contribution in [0.25, 0.3) is 0 Å². The Labute approximate surface area is 223 Å². The summed E-state index contributed by atoms with van der Waals surface area (Å²) in [6.07, 6.45) is 1.75. The molecule has 0 aliphatic carbocycles. The number of carbonyl (C=O) groups is 3. The van der Waals surface area contributed by atoms with Crippen LogP contribution in [-0.4, -0.2) is 36.5 Å². The number of ether oxygens (including phenoxy) is 1. The number of methoxy groups -OCH3 is 1. The van der Waals surface area contributed by atoms with Crippen molar-refractivity contribution in [1.29, 1.82) is 0 Å². The van der Waals surface area contributed by atoms with Crippen molar-refractivity contribution in [2.75, 3.05) is 19.0 Å². The third-order valence-corrected chi connectivity index (χ3v) is 6.78. The Bertz CT molecular complexity index is 1260. The van der Waals surface area contributed by atoms with Crippen LogP contribution in [0.3, 0.4) is 0 Å². The second-order valence-corrected chi connectivity index (χ2v) is 9.24. The Morgan fingerprint density at radius 2 is 1.53 bits per heavy atom. The normalized spacial score (nSPS) is 15.3. The van der Waals surface area contributed by atoms with E-state index in [1.165, 1.54) is 7.11 Å². The predicted molar refractivity (Wildman–Crippen MR) is 147 cm³/mol. The molecule has 38 heavy (non-hydrogen) atoms. The molecule has 7 heteroatoms. The van der Waals surface area contributed by atoms with E-state index in [9.17, 15) is 14.4 Å². The quantitative estimate of drug-likeness (QED) is 0.357. The SMILES string of the molecule is CCCCN1C(=O)NC(c2ccc(NC(=O)C(c3ccccc3)c3ccccc3)cc2)C(C(=O)OC)=C1C. The molecule has 3 aromatic carbocycles. The smallest absolute Gasteiger partial charge is 0.337 e. The summed E-state index contributed by atoms with van der Waals surface area (Å²) < 4.78 is 5.05. The van der Waals surface area contributed by atoms with Crippen LogP contribution in [-0.2, 0) is 14.3 Å². The van der Waals surface area contributed by atoms with E-state index >= 15 is 0 Å². The van der Waals surface area contributed by atoms with E-state index in [1.807, 2.05) is 67.6 Å². The lowest BCUT2D eigenvalue weighted by Gasteiger charge is -2.35. The summed E-state index contributed by atoms with van der Waals surface area (Å²) in [5.41, 5.74) is 4.11. The highest BCUT2D eigenvalue weighted by atomic mass is 16.5. The molecule has 0 aromatic heterocycles. The molecule has 1 unspecified atom stereocenters. The highest BCUT2D eigenvalue weighted by Crippen LogP contribution is 2.32. The van der Waals surface area contributed by atoms with Crippen molar-refractivity contribution in [3.05, 3.63) is 113 Å². The van der Waals surface area contributed by atoms with Gasteiger partial charge in [-0.1, -0.05) is 86.1 Å². The van der Waals surface area contributed by atoms with Crippen LogP contribution in [0.2, 0.25) is 0 Å². The van der Waals surface area contributed by atoms with Crippen molar-refractivity contribution >= 4 is 23.6 Å². The zero-order valence-electron chi connectivity index (χ0n) is 21.9. The standard InChI is InChI=1S/C31H33N3O4/c1-4-5-20-34-21(2)26(30(36)38-3)28(33-31(34)37)24-16-18-25(19-17-24)32-29(35)27(22-12-8-6-9-13-22)23-14-10-7-11-15-23/h6-19,27-28H,4-5,20H2,1-3H3,(H,32,35)(H,33,37). The van der Waals surface area contributed by atoms with Crippen molar-refractivity contribution in [2.45, 2.75) is 38.6 Å². The van der Waals surface area contributed by atoms with E-state index < -0.39 is 17.9 Å². The van der Waals surface area contributed by atoms with Crippen LogP contribution < -0.4 is 10.6 Å². The fraction of sp³-hybridized carbons (Fsp3) is 0.258. The van der Waals surface area contributed by atoms with Crippen LogP contribution in [0.4, 0.5) is 10.5 Å². The average molecular weight is 512 g/mol. The highest BCUT2D eigenvalue weighted by Gasteiger charge is 2.36. The van der Waals surface area contributed by atoms with Crippen LogP contribution >= 0.6 is 0 Å². The van der Waals surface area contributed by atoms with Gasteiger partial charge in [0.25, 0.3) is 0 Å². The van der Waals surface area contributed by atoms with Crippen LogP contribution in [0.5, 0.6) is 0 Å². The first-order valence-corrected chi connectivity index (χ1v) is 12.8. The summed E-state index contributed by atoms with van der Waals surface area (Å²) >= 11 is 0. The van der Waals surface area contributed by atoms with E-state index in [1.54, 1.807) is 36.1 Å². The molecule has 0 radical (unpaired) electrons. The molecule has 1 atom stereocenters. The molecule has 0 spiro atoms. The molecule has 3 amide bonds. The van der Waals surface area contributed by atoms with Gasteiger partial charge in [0, 0.05) is 17.9 Å².